The summed E-state index contributed by atoms with van der Waals surface area (Å²) in [4.78, 5) is 9.77. The maximum Gasteiger partial charge on any atom is 0.299 e. The molecule has 4 rings (SSSR count). The van der Waals surface area contributed by atoms with E-state index in [9.17, 15) is 8.42 Å². The summed E-state index contributed by atoms with van der Waals surface area (Å²) < 4.78 is 26.0. The minimum absolute atomic E-state index is 0.0492. The van der Waals surface area contributed by atoms with Crippen molar-refractivity contribution in [3.63, 3.8) is 0 Å². The van der Waals surface area contributed by atoms with Gasteiger partial charge >= 0.3 is 0 Å². The van der Waals surface area contributed by atoms with Crippen molar-refractivity contribution in [2.24, 2.45) is 0 Å². The van der Waals surface area contributed by atoms with Crippen molar-refractivity contribution in [1.82, 2.24) is 4.98 Å². The lowest BCUT2D eigenvalue weighted by Gasteiger charge is -2.15. The number of sulfonamides is 1. The van der Waals surface area contributed by atoms with Crippen LogP contribution in [0.2, 0.25) is 5.02 Å². The highest BCUT2D eigenvalue weighted by atomic mass is 35.5. The lowest BCUT2D eigenvalue weighted by molar-refractivity contribution is 0.350. The van der Waals surface area contributed by atoms with E-state index in [2.05, 4.69) is 4.98 Å². The molecule has 1 aromatic heterocycles. The van der Waals surface area contributed by atoms with Gasteiger partial charge in [-0.1, -0.05) is 40.3 Å². The molecule has 0 unspecified atom stereocenters. The average molecular weight is 333 g/mol. The molecule has 7 heteroatoms. The third-order valence-corrected chi connectivity index (χ3v) is 5.29. The van der Waals surface area contributed by atoms with Gasteiger partial charge in [-0.3, -0.25) is 4.98 Å². The molecule has 0 radical (unpaired) electrons. The first-order valence-corrected chi connectivity index (χ1v) is 8.26. The standard InChI is InChI=1S/C15H9ClN2O3S/c16-12-5-3-7-14-15(12)21-18(22(14,19)20)11-8-10-4-1-2-6-13(10)17-9-11/h1-9H. The molecule has 1 aliphatic rings. The lowest BCUT2D eigenvalue weighted by atomic mass is 10.2. The SMILES string of the molecule is O=S1(=O)c2cccc(Cl)c2ON1c1cnc2ccccc2c1. The summed E-state index contributed by atoms with van der Waals surface area (Å²) in [6.07, 6.45) is 1.46. The van der Waals surface area contributed by atoms with E-state index in [0.717, 1.165) is 15.4 Å². The van der Waals surface area contributed by atoms with Crippen LogP contribution in [-0.4, -0.2) is 13.4 Å². The highest BCUT2D eigenvalue weighted by Gasteiger charge is 2.39. The fourth-order valence-corrected chi connectivity index (χ4v) is 3.98. The van der Waals surface area contributed by atoms with Gasteiger partial charge in [-0.2, -0.15) is 8.42 Å². The predicted octanol–water partition coefficient (Wildman–Crippen LogP) is 3.39. The number of anilines is 1. The summed E-state index contributed by atoms with van der Waals surface area (Å²) in [6, 6.07) is 13.8. The van der Waals surface area contributed by atoms with Crippen LogP contribution in [0, 0.1) is 0 Å². The van der Waals surface area contributed by atoms with Crippen LogP contribution in [0.4, 0.5) is 5.69 Å². The number of para-hydroxylation sites is 2. The molecule has 2 aromatic carbocycles. The molecule has 5 nitrogen and oxygen atoms in total. The summed E-state index contributed by atoms with van der Waals surface area (Å²) in [5, 5.41) is 1.07. The van der Waals surface area contributed by atoms with Crippen molar-refractivity contribution in [2.45, 2.75) is 4.90 Å². The summed E-state index contributed by atoms with van der Waals surface area (Å²) in [5.41, 5.74) is 1.10. The Hall–Kier alpha value is -2.31. The highest BCUT2D eigenvalue weighted by molar-refractivity contribution is 7.93. The molecule has 0 bridgehead atoms. The molecule has 0 saturated carbocycles. The summed E-state index contributed by atoms with van der Waals surface area (Å²) in [6.45, 7) is 0. The first-order chi connectivity index (χ1) is 10.6. The number of pyridine rings is 1. The Morgan fingerprint density at radius 2 is 1.91 bits per heavy atom. The van der Waals surface area contributed by atoms with Gasteiger partial charge in [-0.25, -0.2) is 0 Å². The highest BCUT2D eigenvalue weighted by Crippen LogP contribution is 2.42. The number of benzene rings is 2. The molecule has 2 heterocycles. The topological polar surface area (TPSA) is 59.5 Å². The summed E-state index contributed by atoms with van der Waals surface area (Å²) in [7, 11) is -3.80. The molecule has 22 heavy (non-hydrogen) atoms. The van der Waals surface area contributed by atoms with Crippen LogP contribution in [0.1, 0.15) is 0 Å². The van der Waals surface area contributed by atoms with E-state index >= 15 is 0 Å². The molecule has 0 saturated heterocycles. The number of nitrogens with zero attached hydrogens (tertiary/aromatic N) is 2. The monoisotopic (exact) mass is 332 g/mol. The molecule has 1 aliphatic heterocycles. The van der Waals surface area contributed by atoms with Crippen LogP contribution in [0.25, 0.3) is 10.9 Å². The van der Waals surface area contributed by atoms with Crippen LogP contribution in [0.5, 0.6) is 5.75 Å². The molecule has 0 atom stereocenters. The zero-order valence-corrected chi connectivity index (χ0v) is 12.7. The average Bonchev–Trinajstić information content (AvgIpc) is 2.80. The normalized spacial score (nSPS) is 15.6. The zero-order valence-electron chi connectivity index (χ0n) is 11.1. The molecule has 0 spiro atoms. The minimum atomic E-state index is -3.80. The van der Waals surface area contributed by atoms with Gasteiger partial charge in [0.25, 0.3) is 10.0 Å². The van der Waals surface area contributed by atoms with Crippen LogP contribution in [0.3, 0.4) is 0 Å². The van der Waals surface area contributed by atoms with Crippen molar-refractivity contribution >= 4 is 38.2 Å². The molecule has 110 valence electrons. The molecular weight excluding hydrogens is 324 g/mol. The lowest BCUT2D eigenvalue weighted by Crippen LogP contribution is -2.28. The van der Waals surface area contributed by atoms with Crippen molar-refractivity contribution in [2.75, 3.05) is 4.47 Å². The third kappa shape index (κ3) is 1.84. The number of rotatable bonds is 1. The second-order valence-corrected chi connectivity index (χ2v) is 6.91. The van der Waals surface area contributed by atoms with Crippen LogP contribution >= 0.6 is 11.6 Å². The van der Waals surface area contributed by atoms with Gasteiger partial charge in [0.1, 0.15) is 10.6 Å². The van der Waals surface area contributed by atoms with Gasteiger partial charge < -0.3 is 4.84 Å². The Bertz CT molecular complexity index is 1000. The molecular formula is C15H9ClN2O3S. The van der Waals surface area contributed by atoms with Gasteiger partial charge in [-0.05, 0) is 24.3 Å². The van der Waals surface area contributed by atoms with Gasteiger partial charge in [0, 0.05) is 5.39 Å². The number of halogens is 1. The second kappa shape index (κ2) is 4.59. The van der Waals surface area contributed by atoms with E-state index in [1.807, 2.05) is 24.3 Å². The van der Waals surface area contributed by atoms with Gasteiger partial charge in [0.2, 0.25) is 0 Å². The Morgan fingerprint density at radius 3 is 2.73 bits per heavy atom. The van der Waals surface area contributed by atoms with Gasteiger partial charge in [-0.15, -0.1) is 0 Å². The second-order valence-electron chi connectivity index (χ2n) is 4.78. The minimum Gasteiger partial charge on any atom is -0.361 e. The summed E-state index contributed by atoms with van der Waals surface area (Å²) in [5.74, 6) is 0.136. The first kappa shape index (κ1) is 13.4. The van der Waals surface area contributed by atoms with Crippen LogP contribution in [-0.2, 0) is 10.0 Å². The van der Waals surface area contributed by atoms with E-state index in [0.29, 0.717) is 5.69 Å². The van der Waals surface area contributed by atoms with Crippen molar-refractivity contribution < 1.29 is 13.3 Å². The van der Waals surface area contributed by atoms with E-state index < -0.39 is 10.0 Å². The maximum absolute atomic E-state index is 12.6. The van der Waals surface area contributed by atoms with Gasteiger partial charge in [0.05, 0.1) is 16.7 Å². The molecule has 0 aliphatic carbocycles. The number of aromatic nitrogens is 1. The number of fused-ring (bicyclic) bond motifs is 2. The molecule has 3 aromatic rings. The fraction of sp³-hybridized carbons (Fsp3) is 0. The maximum atomic E-state index is 12.6. The molecule has 0 fully saturated rings. The van der Waals surface area contributed by atoms with Gasteiger partial charge in [0.15, 0.2) is 5.75 Å². The smallest absolute Gasteiger partial charge is 0.299 e. The van der Waals surface area contributed by atoms with Crippen LogP contribution < -0.4 is 9.31 Å². The van der Waals surface area contributed by atoms with Crippen molar-refractivity contribution in [3.05, 3.63) is 59.8 Å². The Morgan fingerprint density at radius 1 is 1.09 bits per heavy atom. The van der Waals surface area contributed by atoms with E-state index in [1.165, 1.54) is 12.3 Å². The fourth-order valence-electron chi connectivity index (χ4n) is 2.35. The summed E-state index contributed by atoms with van der Waals surface area (Å²) >= 11 is 6.01. The van der Waals surface area contributed by atoms with Crippen molar-refractivity contribution in [1.29, 1.82) is 0 Å². The van der Waals surface area contributed by atoms with Crippen LogP contribution in [0.15, 0.2) is 59.6 Å². The van der Waals surface area contributed by atoms with E-state index in [1.54, 1.807) is 18.2 Å². The Balaban J connectivity index is 1.88. The number of hydrogen-bond donors (Lipinski definition) is 0. The predicted molar refractivity (Wildman–Crippen MR) is 83.5 cm³/mol. The van der Waals surface area contributed by atoms with E-state index in [-0.39, 0.29) is 15.7 Å². The number of hydrogen-bond acceptors (Lipinski definition) is 4. The third-order valence-electron chi connectivity index (χ3n) is 3.39. The van der Waals surface area contributed by atoms with E-state index in [4.69, 9.17) is 16.4 Å². The van der Waals surface area contributed by atoms with Crippen molar-refractivity contribution in [3.8, 4) is 5.75 Å². The quantitative estimate of drug-likeness (QED) is 0.685. The zero-order chi connectivity index (χ0) is 15.3. The Kier molecular flexibility index (Phi) is 2.79. The molecule has 0 N–H and O–H groups in total. The largest absolute Gasteiger partial charge is 0.361 e. The molecule has 0 amide bonds. The first-order valence-electron chi connectivity index (χ1n) is 6.44. The Labute approximate surface area is 131 Å².